The molecule has 6 nitrogen and oxygen atoms in total. The van der Waals surface area contributed by atoms with Crippen molar-refractivity contribution in [3.8, 4) is 5.69 Å². The first kappa shape index (κ1) is 19.0. The molecule has 0 saturated heterocycles. The van der Waals surface area contributed by atoms with E-state index in [1.807, 2.05) is 45.9 Å². The quantitative estimate of drug-likeness (QED) is 0.889. The number of rotatable bonds is 5. The maximum absolute atomic E-state index is 12.7. The molecule has 0 radical (unpaired) electrons. The van der Waals surface area contributed by atoms with E-state index in [-0.39, 0.29) is 23.9 Å². The second kappa shape index (κ2) is 7.70. The molecule has 0 unspecified atom stereocenters. The van der Waals surface area contributed by atoms with Gasteiger partial charge in [0.1, 0.15) is 0 Å². The minimum atomic E-state index is -0.339. The summed E-state index contributed by atoms with van der Waals surface area (Å²) in [6, 6.07) is 7.25. The molecule has 2 rings (SSSR count). The molecule has 7 heteroatoms. The lowest BCUT2D eigenvalue weighted by Crippen LogP contribution is -2.47. The van der Waals surface area contributed by atoms with Crippen LogP contribution in [0.3, 0.4) is 0 Å². The van der Waals surface area contributed by atoms with Crippen molar-refractivity contribution in [2.45, 2.75) is 33.2 Å². The van der Waals surface area contributed by atoms with E-state index >= 15 is 0 Å². The average Bonchev–Trinajstić information content (AvgIpc) is 3.00. The number of hydrogen-bond donors (Lipinski definition) is 1. The zero-order valence-corrected chi connectivity index (χ0v) is 15.7. The van der Waals surface area contributed by atoms with Crippen LogP contribution in [-0.4, -0.2) is 45.1 Å². The third-order valence-electron chi connectivity index (χ3n) is 3.45. The summed E-state index contributed by atoms with van der Waals surface area (Å²) < 4.78 is 1.55. The minimum Gasteiger partial charge on any atom is -0.350 e. The van der Waals surface area contributed by atoms with E-state index in [1.165, 1.54) is 11.1 Å². The van der Waals surface area contributed by atoms with Crippen molar-refractivity contribution < 1.29 is 9.59 Å². The summed E-state index contributed by atoms with van der Waals surface area (Å²) in [7, 11) is 0. The molecule has 0 bridgehead atoms. The molecule has 0 atom stereocenters. The predicted molar refractivity (Wildman–Crippen MR) is 98.0 cm³/mol. The Bertz CT molecular complexity index is 764. The lowest BCUT2D eigenvalue weighted by Gasteiger charge is -2.24. The lowest BCUT2D eigenvalue weighted by molar-refractivity contribution is -0.123. The van der Waals surface area contributed by atoms with Gasteiger partial charge in [-0.05, 0) is 39.8 Å². The van der Waals surface area contributed by atoms with Gasteiger partial charge in [-0.2, -0.15) is 5.10 Å². The van der Waals surface area contributed by atoms with E-state index in [1.54, 1.807) is 16.9 Å². The fourth-order valence-corrected chi connectivity index (χ4v) is 2.57. The summed E-state index contributed by atoms with van der Waals surface area (Å²) in [5.41, 5.74) is 0.760. The third kappa shape index (κ3) is 5.06. The van der Waals surface area contributed by atoms with Gasteiger partial charge in [-0.1, -0.05) is 23.7 Å². The highest BCUT2D eigenvalue weighted by atomic mass is 35.5. The van der Waals surface area contributed by atoms with Crippen LogP contribution in [0.1, 0.15) is 38.1 Å². The van der Waals surface area contributed by atoms with Gasteiger partial charge in [0.05, 0.1) is 29.0 Å². The van der Waals surface area contributed by atoms with Gasteiger partial charge >= 0.3 is 0 Å². The van der Waals surface area contributed by atoms with E-state index in [0.29, 0.717) is 22.8 Å². The Morgan fingerprint density at radius 2 is 1.96 bits per heavy atom. The largest absolute Gasteiger partial charge is 0.350 e. The van der Waals surface area contributed by atoms with E-state index in [4.69, 9.17) is 11.6 Å². The van der Waals surface area contributed by atoms with Gasteiger partial charge in [-0.15, -0.1) is 0 Å². The van der Waals surface area contributed by atoms with Crippen molar-refractivity contribution in [3.63, 3.8) is 0 Å². The highest BCUT2D eigenvalue weighted by Crippen LogP contribution is 2.19. The van der Waals surface area contributed by atoms with Crippen LogP contribution < -0.4 is 5.32 Å². The van der Waals surface area contributed by atoms with E-state index in [9.17, 15) is 9.59 Å². The number of benzene rings is 1. The average molecular weight is 363 g/mol. The maximum atomic E-state index is 12.7. The smallest absolute Gasteiger partial charge is 0.257 e. The van der Waals surface area contributed by atoms with Crippen molar-refractivity contribution in [1.29, 1.82) is 0 Å². The zero-order valence-electron chi connectivity index (χ0n) is 14.9. The van der Waals surface area contributed by atoms with Crippen LogP contribution in [0.2, 0.25) is 5.02 Å². The van der Waals surface area contributed by atoms with Crippen LogP contribution >= 0.6 is 11.6 Å². The molecule has 1 heterocycles. The van der Waals surface area contributed by atoms with Crippen LogP contribution in [0.5, 0.6) is 0 Å². The van der Waals surface area contributed by atoms with Crippen LogP contribution in [0.4, 0.5) is 0 Å². The Balaban J connectivity index is 2.14. The molecule has 1 aromatic heterocycles. The second-order valence-electron chi connectivity index (χ2n) is 6.74. The summed E-state index contributed by atoms with van der Waals surface area (Å²) in [6.07, 6.45) is 3.10. The van der Waals surface area contributed by atoms with Gasteiger partial charge in [-0.3, -0.25) is 9.59 Å². The Morgan fingerprint density at radius 1 is 1.28 bits per heavy atom. The summed E-state index contributed by atoms with van der Waals surface area (Å²) in [4.78, 5) is 26.2. The van der Waals surface area contributed by atoms with Gasteiger partial charge in [0, 0.05) is 18.3 Å². The Morgan fingerprint density at radius 3 is 2.56 bits per heavy atom. The van der Waals surface area contributed by atoms with Crippen molar-refractivity contribution in [3.05, 3.63) is 47.2 Å². The number of carbonyl (C=O) groups is 2. The molecule has 0 spiro atoms. The molecular formula is C18H23ClN4O2. The van der Waals surface area contributed by atoms with Crippen molar-refractivity contribution in [1.82, 2.24) is 20.0 Å². The van der Waals surface area contributed by atoms with Crippen LogP contribution in [0.15, 0.2) is 36.7 Å². The first-order valence-corrected chi connectivity index (χ1v) is 8.49. The molecule has 25 heavy (non-hydrogen) atoms. The molecule has 0 saturated carbocycles. The molecule has 1 N–H and O–H groups in total. The summed E-state index contributed by atoms with van der Waals surface area (Å²) in [6.45, 7) is 7.96. The topological polar surface area (TPSA) is 67.2 Å². The fourth-order valence-electron chi connectivity index (χ4n) is 2.34. The number of hydrogen-bond acceptors (Lipinski definition) is 3. The van der Waals surface area contributed by atoms with Crippen LogP contribution in [-0.2, 0) is 4.79 Å². The minimum absolute atomic E-state index is 0.00385. The number of carbonyl (C=O) groups excluding carboxylic acids is 2. The number of halogens is 1. The van der Waals surface area contributed by atoms with Gasteiger partial charge in [-0.25, -0.2) is 4.68 Å². The molecule has 2 amide bonds. The normalized spacial score (nSPS) is 11.2. The van der Waals surface area contributed by atoms with Gasteiger partial charge in [0.25, 0.3) is 5.91 Å². The number of likely N-dealkylation sites (N-methyl/N-ethyl adjacent to an activating group) is 1. The maximum Gasteiger partial charge on any atom is 0.257 e. The Hall–Kier alpha value is -2.34. The third-order valence-corrected chi connectivity index (χ3v) is 3.77. The number of amides is 2. The highest BCUT2D eigenvalue weighted by molar-refractivity contribution is 6.32. The number of para-hydroxylation sites is 1. The second-order valence-corrected chi connectivity index (χ2v) is 7.15. The molecule has 134 valence electrons. The predicted octanol–water partition coefficient (Wildman–Crippen LogP) is 2.90. The molecule has 0 aliphatic rings. The molecular weight excluding hydrogens is 340 g/mol. The van der Waals surface area contributed by atoms with Gasteiger partial charge < -0.3 is 10.2 Å². The summed E-state index contributed by atoms with van der Waals surface area (Å²) in [5, 5.41) is 7.61. The molecule has 2 aromatic rings. The van der Waals surface area contributed by atoms with Crippen molar-refractivity contribution in [2.75, 3.05) is 13.1 Å². The zero-order chi connectivity index (χ0) is 18.6. The number of nitrogens with one attached hydrogen (secondary N) is 1. The Kier molecular flexibility index (Phi) is 5.85. The standard InChI is InChI=1S/C18H23ClN4O2/c1-5-22(12-16(24)21-18(2,3)4)17(25)13-10-20-23(11-13)15-9-7-6-8-14(15)19/h6-11H,5,12H2,1-4H3,(H,21,24). The first-order chi connectivity index (χ1) is 11.7. The SMILES string of the molecule is CCN(CC(=O)NC(C)(C)C)C(=O)c1cnn(-c2ccccc2Cl)c1. The highest BCUT2D eigenvalue weighted by Gasteiger charge is 2.21. The van der Waals surface area contributed by atoms with E-state index in [2.05, 4.69) is 10.4 Å². The van der Waals surface area contributed by atoms with Crippen LogP contribution in [0, 0.1) is 0 Å². The lowest BCUT2D eigenvalue weighted by atomic mass is 10.1. The number of aromatic nitrogens is 2. The Labute approximate surface area is 152 Å². The monoisotopic (exact) mass is 362 g/mol. The van der Waals surface area contributed by atoms with Crippen molar-refractivity contribution >= 4 is 23.4 Å². The first-order valence-electron chi connectivity index (χ1n) is 8.11. The summed E-state index contributed by atoms with van der Waals surface area (Å²) >= 11 is 6.16. The molecule has 1 aromatic carbocycles. The summed E-state index contributed by atoms with van der Waals surface area (Å²) in [5.74, 6) is -0.439. The molecule has 0 fully saturated rings. The van der Waals surface area contributed by atoms with Gasteiger partial charge in [0.15, 0.2) is 0 Å². The number of nitrogens with zero attached hydrogens (tertiary/aromatic N) is 3. The van der Waals surface area contributed by atoms with Crippen LogP contribution in [0.25, 0.3) is 5.69 Å². The van der Waals surface area contributed by atoms with E-state index < -0.39 is 0 Å². The molecule has 0 aliphatic heterocycles. The van der Waals surface area contributed by atoms with Crippen molar-refractivity contribution in [2.24, 2.45) is 0 Å². The fraction of sp³-hybridized carbons (Fsp3) is 0.389. The van der Waals surface area contributed by atoms with E-state index in [0.717, 1.165) is 0 Å². The molecule has 0 aliphatic carbocycles. The van der Waals surface area contributed by atoms with Gasteiger partial charge in [0.2, 0.25) is 5.91 Å².